The first-order chi connectivity index (χ1) is 9.65. The molecule has 0 aliphatic rings. The first kappa shape index (κ1) is 14.5. The highest BCUT2D eigenvalue weighted by Gasteiger charge is 2.01. The van der Waals surface area contributed by atoms with Gasteiger partial charge in [0.2, 0.25) is 5.91 Å². The molecule has 2 rings (SSSR count). The molecule has 0 aliphatic carbocycles. The fourth-order valence-electron chi connectivity index (χ4n) is 1.79. The van der Waals surface area contributed by atoms with E-state index < -0.39 is 0 Å². The molecule has 2 heterocycles. The largest absolute Gasteiger partial charge is 0.353 e. The zero-order chi connectivity index (χ0) is 14.4. The number of nitrogens with zero attached hydrogens (tertiary/aromatic N) is 2. The predicted octanol–water partition coefficient (Wildman–Crippen LogP) is 2.25. The third kappa shape index (κ3) is 4.31. The van der Waals surface area contributed by atoms with E-state index in [1.807, 2.05) is 25.4 Å². The van der Waals surface area contributed by atoms with Gasteiger partial charge in [-0.1, -0.05) is 0 Å². The smallest absolute Gasteiger partial charge is 0.244 e. The molecule has 0 spiro atoms. The van der Waals surface area contributed by atoms with Crippen LogP contribution in [0.5, 0.6) is 0 Å². The number of carbonyl (C=O) groups is 1. The fraction of sp³-hybridized carbons (Fsp3) is 0.357. The Morgan fingerprint density at radius 2 is 2.35 bits per heavy atom. The van der Waals surface area contributed by atoms with Gasteiger partial charge in [0.15, 0.2) is 0 Å². The van der Waals surface area contributed by atoms with Crippen LogP contribution in [0.3, 0.4) is 0 Å². The molecule has 0 saturated carbocycles. The van der Waals surface area contributed by atoms with Crippen LogP contribution < -0.4 is 5.32 Å². The first-order valence-electron chi connectivity index (χ1n) is 6.52. The summed E-state index contributed by atoms with van der Waals surface area (Å²) in [5, 5.41) is 12.7. The predicted molar refractivity (Wildman–Crippen MR) is 80.5 cm³/mol. The molecule has 6 heteroatoms. The lowest BCUT2D eigenvalue weighted by Gasteiger charge is -2.01. The highest BCUT2D eigenvalue weighted by atomic mass is 32.1. The monoisotopic (exact) mass is 290 g/mol. The van der Waals surface area contributed by atoms with Gasteiger partial charge in [-0.3, -0.25) is 9.89 Å². The molecule has 106 valence electrons. The van der Waals surface area contributed by atoms with E-state index in [2.05, 4.69) is 20.5 Å². The molecule has 0 atom stereocenters. The second-order valence-electron chi connectivity index (χ2n) is 4.54. The zero-order valence-electron chi connectivity index (χ0n) is 11.6. The van der Waals surface area contributed by atoms with Gasteiger partial charge < -0.3 is 5.32 Å². The molecule has 2 aromatic rings. The van der Waals surface area contributed by atoms with Crippen LogP contribution in [0.2, 0.25) is 0 Å². The lowest BCUT2D eigenvalue weighted by atomic mass is 10.1. The maximum absolute atomic E-state index is 11.6. The number of H-pyrrole nitrogens is 1. The minimum absolute atomic E-state index is 0.0837. The van der Waals surface area contributed by atoms with Gasteiger partial charge >= 0.3 is 0 Å². The van der Waals surface area contributed by atoms with E-state index >= 15 is 0 Å². The average molecular weight is 290 g/mol. The van der Waals surface area contributed by atoms with Crippen molar-refractivity contribution in [1.82, 2.24) is 20.5 Å². The molecule has 5 nitrogen and oxygen atoms in total. The second-order valence-corrected chi connectivity index (χ2v) is 5.60. The maximum Gasteiger partial charge on any atom is 0.244 e. The van der Waals surface area contributed by atoms with Gasteiger partial charge in [-0.05, 0) is 38.3 Å². The summed E-state index contributed by atoms with van der Waals surface area (Å²) in [5.74, 6) is -0.0837. The van der Waals surface area contributed by atoms with Crippen LogP contribution in [0.15, 0.2) is 17.7 Å². The lowest BCUT2D eigenvalue weighted by Crippen LogP contribution is -2.22. The van der Waals surface area contributed by atoms with Gasteiger partial charge in [-0.2, -0.15) is 5.10 Å². The number of aromatic nitrogens is 3. The van der Waals surface area contributed by atoms with E-state index in [9.17, 15) is 4.79 Å². The molecule has 2 N–H and O–H groups in total. The van der Waals surface area contributed by atoms with E-state index in [-0.39, 0.29) is 5.91 Å². The van der Waals surface area contributed by atoms with E-state index in [1.165, 1.54) is 11.6 Å². The average Bonchev–Trinajstić information content (AvgIpc) is 3.01. The fourth-order valence-corrected chi connectivity index (χ4v) is 2.38. The van der Waals surface area contributed by atoms with Crippen LogP contribution in [-0.4, -0.2) is 27.6 Å². The van der Waals surface area contributed by atoms with Gasteiger partial charge in [0.25, 0.3) is 0 Å². The van der Waals surface area contributed by atoms with E-state index in [0.29, 0.717) is 6.54 Å². The van der Waals surface area contributed by atoms with E-state index in [0.717, 1.165) is 29.2 Å². The number of aryl methyl sites for hydroxylation is 3. The zero-order valence-corrected chi connectivity index (χ0v) is 12.5. The minimum atomic E-state index is -0.0837. The summed E-state index contributed by atoms with van der Waals surface area (Å²) in [6.45, 7) is 4.60. The summed E-state index contributed by atoms with van der Waals surface area (Å²) in [6.07, 6.45) is 6.91. The highest BCUT2D eigenvalue weighted by molar-refractivity contribution is 7.09. The Balaban J connectivity index is 1.68. The normalized spacial score (nSPS) is 11.1. The maximum atomic E-state index is 11.6. The highest BCUT2D eigenvalue weighted by Crippen LogP contribution is 2.09. The van der Waals surface area contributed by atoms with E-state index in [4.69, 9.17) is 0 Å². The summed E-state index contributed by atoms with van der Waals surface area (Å²) >= 11 is 1.57. The van der Waals surface area contributed by atoms with Crippen molar-refractivity contribution in [3.63, 3.8) is 0 Å². The molecular formula is C14H18N4OS. The van der Waals surface area contributed by atoms with Crippen LogP contribution >= 0.6 is 11.3 Å². The molecule has 2 aromatic heterocycles. The Morgan fingerprint density at radius 1 is 1.50 bits per heavy atom. The summed E-state index contributed by atoms with van der Waals surface area (Å²) < 4.78 is 0. The number of amides is 1. The van der Waals surface area contributed by atoms with Crippen molar-refractivity contribution in [3.05, 3.63) is 39.6 Å². The summed E-state index contributed by atoms with van der Waals surface area (Å²) in [5.41, 5.74) is 3.12. The van der Waals surface area contributed by atoms with Crippen molar-refractivity contribution >= 4 is 23.3 Å². The number of aromatic amines is 1. The molecule has 0 aromatic carbocycles. The Hall–Kier alpha value is -1.95. The molecular weight excluding hydrogens is 272 g/mol. The van der Waals surface area contributed by atoms with Gasteiger partial charge in [-0.25, -0.2) is 4.98 Å². The number of rotatable bonds is 6. The van der Waals surface area contributed by atoms with Crippen molar-refractivity contribution in [2.45, 2.75) is 26.7 Å². The van der Waals surface area contributed by atoms with Gasteiger partial charge in [0.05, 0.1) is 16.9 Å². The Kier molecular flexibility index (Phi) is 5.06. The summed E-state index contributed by atoms with van der Waals surface area (Å²) in [6, 6.07) is 0. The topological polar surface area (TPSA) is 70.7 Å². The molecule has 0 unspecified atom stereocenters. The first-order valence-corrected chi connectivity index (χ1v) is 7.40. The second kappa shape index (κ2) is 7.00. The van der Waals surface area contributed by atoms with Crippen molar-refractivity contribution in [2.75, 3.05) is 6.54 Å². The SMILES string of the molecule is Cc1nc(C=CC(=O)NCCCc2cn[nH]c2C)cs1. The van der Waals surface area contributed by atoms with Crippen molar-refractivity contribution in [3.8, 4) is 0 Å². The molecule has 1 amide bonds. The van der Waals surface area contributed by atoms with Crippen molar-refractivity contribution < 1.29 is 4.79 Å². The molecule has 0 aliphatic heterocycles. The standard InChI is InChI=1S/C14H18N4OS/c1-10-12(8-16-18-10)4-3-7-15-14(19)6-5-13-9-20-11(2)17-13/h5-6,8-9H,3-4,7H2,1-2H3,(H,15,19)(H,16,18). The third-order valence-corrected chi connectivity index (χ3v) is 3.69. The number of thiazole rings is 1. The van der Waals surface area contributed by atoms with Crippen LogP contribution in [0.1, 0.15) is 28.4 Å². The number of nitrogens with one attached hydrogen (secondary N) is 2. The molecule has 0 saturated heterocycles. The summed E-state index contributed by atoms with van der Waals surface area (Å²) in [7, 11) is 0. The van der Waals surface area contributed by atoms with Crippen LogP contribution in [-0.2, 0) is 11.2 Å². The minimum Gasteiger partial charge on any atom is -0.353 e. The molecule has 20 heavy (non-hydrogen) atoms. The molecule has 0 radical (unpaired) electrons. The van der Waals surface area contributed by atoms with Crippen molar-refractivity contribution in [1.29, 1.82) is 0 Å². The number of hydrogen-bond acceptors (Lipinski definition) is 4. The molecule has 0 bridgehead atoms. The van der Waals surface area contributed by atoms with Crippen LogP contribution in [0.4, 0.5) is 0 Å². The molecule has 0 fully saturated rings. The van der Waals surface area contributed by atoms with Gasteiger partial charge in [-0.15, -0.1) is 11.3 Å². The van der Waals surface area contributed by atoms with Crippen molar-refractivity contribution in [2.24, 2.45) is 0 Å². The van der Waals surface area contributed by atoms with E-state index in [1.54, 1.807) is 17.4 Å². The number of hydrogen-bond donors (Lipinski definition) is 2. The van der Waals surface area contributed by atoms with Crippen LogP contribution in [0.25, 0.3) is 6.08 Å². The Labute approximate surface area is 122 Å². The van der Waals surface area contributed by atoms with Gasteiger partial charge in [0.1, 0.15) is 0 Å². The van der Waals surface area contributed by atoms with Gasteiger partial charge in [0, 0.05) is 23.7 Å². The third-order valence-electron chi connectivity index (χ3n) is 2.90. The number of carbonyl (C=O) groups excluding carboxylic acids is 1. The lowest BCUT2D eigenvalue weighted by molar-refractivity contribution is -0.116. The van der Waals surface area contributed by atoms with Crippen LogP contribution in [0, 0.1) is 13.8 Å². The Morgan fingerprint density at radius 3 is 3.00 bits per heavy atom. The quantitative estimate of drug-likeness (QED) is 0.633. The Bertz CT molecular complexity index is 600. The summed E-state index contributed by atoms with van der Waals surface area (Å²) in [4.78, 5) is 15.9.